The van der Waals surface area contributed by atoms with Gasteiger partial charge in [0.15, 0.2) is 5.13 Å². The fourth-order valence-corrected chi connectivity index (χ4v) is 3.59. The number of aryl methyl sites for hydroxylation is 1. The van der Waals surface area contributed by atoms with Crippen LogP contribution in [0.1, 0.15) is 35.2 Å². The molecular formula is C17H22N4O3S. The van der Waals surface area contributed by atoms with Gasteiger partial charge in [0.25, 0.3) is 5.91 Å². The molecule has 1 fully saturated rings. The number of anilines is 1. The summed E-state index contributed by atoms with van der Waals surface area (Å²) in [5, 5.41) is 11.4. The molecule has 0 aromatic carbocycles. The van der Waals surface area contributed by atoms with Gasteiger partial charge in [-0.1, -0.05) is 6.92 Å². The lowest BCUT2D eigenvalue weighted by molar-refractivity contribution is -0.121. The SMILES string of the molecule is Cc1occc1C(=O)Nc1nc(CC(=O)NC2CCNCC2C)cs1. The lowest BCUT2D eigenvalue weighted by Gasteiger charge is -2.30. The van der Waals surface area contributed by atoms with E-state index in [2.05, 4.69) is 27.9 Å². The minimum atomic E-state index is -0.264. The summed E-state index contributed by atoms with van der Waals surface area (Å²) in [7, 11) is 0. The second-order valence-corrected chi connectivity index (χ2v) is 7.17. The maximum Gasteiger partial charge on any atom is 0.260 e. The van der Waals surface area contributed by atoms with Crippen molar-refractivity contribution in [3.63, 3.8) is 0 Å². The van der Waals surface area contributed by atoms with Gasteiger partial charge in [-0.2, -0.15) is 0 Å². The number of nitrogens with zero attached hydrogens (tertiary/aromatic N) is 1. The van der Waals surface area contributed by atoms with E-state index in [0.717, 1.165) is 19.5 Å². The topological polar surface area (TPSA) is 96.3 Å². The number of aromatic nitrogens is 1. The highest BCUT2D eigenvalue weighted by Crippen LogP contribution is 2.18. The van der Waals surface area contributed by atoms with Crippen LogP contribution in [0.3, 0.4) is 0 Å². The lowest BCUT2D eigenvalue weighted by atomic mass is 9.95. The summed E-state index contributed by atoms with van der Waals surface area (Å²) in [5.41, 5.74) is 1.14. The predicted octanol–water partition coefficient (Wildman–Crippen LogP) is 1.95. The van der Waals surface area contributed by atoms with Crippen LogP contribution in [0.15, 0.2) is 22.1 Å². The van der Waals surface area contributed by atoms with E-state index in [0.29, 0.717) is 28.1 Å². The van der Waals surface area contributed by atoms with Gasteiger partial charge in [0, 0.05) is 11.4 Å². The minimum absolute atomic E-state index is 0.0346. The Morgan fingerprint density at radius 2 is 2.32 bits per heavy atom. The molecule has 2 atom stereocenters. The van der Waals surface area contributed by atoms with Gasteiger partial charge in [-0.15, -0.1) is 11.3 Å². The van der Waals surface area contributed by atoms with Crippen LogP contribution < -0.4 is 16.0 Å². The molecule has 3 heterocycles. The van der Waals surface area contributed by atoms with E-state index in [1.807, 2.05) is 0 Å². The van der Waals surface area contributed by atoms with Crippen LogP contribution in [-0.2, 0) is 11.2 Å². The van der Waals surface area contributed by atoms with Crippen LogP contribution >= 0.6 is 11.3 Å². The summed E-state index contributed by atoms with van der Waals surface area (Å²) >= 11 is 1.31. The molecular weight excluding hydrogens is 340 g/mol. The summed E-state index contributed by atoms with van der Waals surface area (Å²) in [4.78, 5) is 28.7. The number of carbonyl (C=O) groups is 2. The van der Waals surface area contributed by atoms with Gasteiger partial charge in [-0.05, 0) is 38.4 Å². The molecule has 134 valence electrons. The van der Waals surface area contributed by atoms with Crippen LogP contribution in [0.2, 0.25) is 0 Å². The highest BCUT2D eigenvalue weighted by atomic mass is 32.1. The number of carbonyl (C=O) groups excluding carboxylic acids is 2. The third-order valence-corrected chi connectivity index (χ3v) is 5.16. The maximum atomic E-state index is 12.2. The van der Waals surface area contributed by atoms with Crippen molar-refractivity contribution in [3.8, 4) is 0 Å². The van der Waals surface area contributed by atoms with E-state index in [9.17, 15) is 9.59 Å². The van der Waals surface area contributed by atoms with E-state index in [1.54, 1.807) is 18.4 Å². The number of hydrogen-bond donors (Lipinski definition) is 3. The highest BCUT2D eigenvalue weighted by molar-refractivity contribution is 7.14. The molecule has 3 rings (SSSR count). The average Bonchev–Trinajstić information content (AvgIpc) is 3.18. The van der Waals surface area contributed by atoms with E-state index in [1.165, 1.54) is 17.6 Å². The van der Waals surface area contributed by atoms with E-state index in [4.69, 9.17) is 4.42 Å². The normalized spacial score (nSPS) is 20.2. The number of piperidine rings is 1. The van der Waals surface area contributed by atoms with Gasteiger partial charge in [-0.25, -0.2) is 4.98 Å². The lowest BCUT2D eigenvalue weighted by Crippen LogP contribution is -2.48. The molecule has 2 unspecified atom stereocenters. The number of rotatable bonds is 5. The van der Waals surface area contributed by atoms with Crippen molar-refractivity contribution in [1.82, 2.24) is 15.6 Å². The van der Waals surface area contributed by atoms with E-state index in [-0.39, 0.29) is 24.3 Å². The third kappa shape index (κ3) is 4.46. The van der Waals surface area contributed by atoms with Gasteiger partial charge in [-0.3, -0.25) is 14.9 Å². The molecule has 0 bridgehead atoms. The van der Waals surface area contributed by atoms with Crippen LogP contribution in [-0.4, -0.2) is 35.9 Å². The number of amides is 2. The zero-order valence-corrected chi connectivity index (χ0v) is 15.1. The van der Waals surface area contributed by atoms with Crippen LogP contribution in [0.25, 0.3) is 0 Å². The van der Waals surface area contributed by atoms with Crippen molar-refractivity contribution in [2.45, 2.75) is 32.7 Å². The van der Waals surface area contributed by atoms with Crippen LogP contribution in [0.4, 0.5) is 5.13 Å². The molecule has 25 heavy (non-hydrogen) atoms. The number of furan rings is 1. The Balaban J connectivity index is 1.53. The maximum absolute atomic E-state index is 12.2. The predicted molar refractivity (Wildman–Crippen MR) is 95.8 cm³/mol. The molecule has 8 heteroatoms. The quantitative estimate of drug-likeness (QED) is 0.755. The second kappa shape index (κ2) is 7.79. The first-order valence-corrected chi connectivity index (χ1v) is 9.21. The Morgan fingerprint density at radius 3 is 3.04 bits per heavy atom. The third-order valence-electron chi connectivity index (χ3n) is 4.35. The van der Waals surface area contributed by atoms with Gasteiger partial charge in [0.05, 0.1) is 23.9 Å². The molecule has 3 N–H and O–H groups in total. The summed E-state index contributed by atoms with van der Waals surface area (Å²) in [6.07, 6.45) is 2.63. The van der Waals surface area contributed by atoms with Crippen molar-refractivity contribution < 1.29 is 14.0 Å². The fourth-order valence-electron chi connectivity index (χ4n) is 2.88. The molecule has 0 spiro atoms. The van der Waals surface area contributed by atoms with Gasteiger partial charge in [0.2, 0.25) is 5.91 Å². The Hall–Kier alpha value is -2.19. The number of nitrogens with one attached hydrogen (secondary N) is 3. The molecule has 0 saturated carbocycles. The van der Waals surface area contributed by atoms with Crippen LogP contribution in [0.5, 0.6) is 0 Å². The first-order chi connectivity index (χ1) is 12.0. The summed E-state index contributed by atoms with van der Waals surface area (Å²) in [5.74, 6) is 0.679. The monoisotopic (exact) mass is 362 g/mol. The zero-order chi connectivity index (χ0) is 17.8. The molecule has 1 saturated heterocycles. The van der Waals surface area contributed by atoms with Crippen molar-refractivity contribution in [2.24, 2.45) is 5.92 Å². The van der Waals surface area contributed by atoms with Crippen LogP contribution in [0, 0.1) is 12.8 Å². The Morgan fingerprint density at radius 1 is 1.48 bits per heavy atom. The Bertz CT molecular complexity index is 755. The van der Waals surface area contributed by atoms with Gasteiger partial charge in [0.1, 0.15) is 5.76 Å². The second-order valence-electron chi connectivity index (χ2n) is 6.31. The molecule has 2 amide bonds. The standard InChI is InChI=1S/C17H22N4O3S/c1-10-8-18-5-3-14(10)20-15(22)7-12-9-25-17(19-12)21-16(23)13-4-6-24-11(13)2/h4,6,9-10,14,18H,3,5,7-8H2,1-2H3,(H,20,22)(H,19,21,23). The van der Waals surface area contributed by atoms with E-state index < -0.39 is 0 Å². The van der Waals surface area contributed by atoms with Crippen molar-refractivity contribution >= 4 is 28.3 Å². The van der Waals surface area contributed by atoms with Crippen molar-refractivity contribution in [3.05, 3.63) is 34.7 Å². The summed E-state index contributed by atoms with van der Waals surface area (Å²) in [6.45, 7) is 5.71. The zero-order valence-electron chi connectivity index (χ0n) is 14.3. The highest BCUT2D eigenvalue weighted by Gasteiger charge is 2.23. The molecule has 0 aliphatic carbocycles. The summed E-state index contributed by atoms with van der Waals surface area (Å²) in [6, 6.07) is 1.82. The first kappa shape index (κ1) is 17.6. The van der Waals surface area contributed by atoms with Gasteiger partial charge >= 0.3 is 0 Å². The molecule has 2 aromatic heterocycles. The first-order valence-electron chi connectivity index (χ1n) is 8.33. The smallest absolute Gasteiger partial charge is 0.260 e. The average molecular weight is 362 g/mol. The fraction of sp³-hybridized carbons (Fsp3) is 0.471. The summed E-state index contributed by atoms with van der Waals surface area (Å²) < 4.78 is 5.13. The molecule has 1 aliphatic heterocycles. The molecule has 0 radical (unpaired) electrons. The number of thiazole rings is 1. The Kier molecular flexibility index (Phi) is 5.50. The van der Waals surface area contributed by atoms with Crippen molar-refractivity contribution in [2.75, 3.05) is 18.4 Å². The molecule has 7 nitrogen and oxygen atoms in total. The van der Waals surface area contributed by atoms with Crippen molar-refractivity contribution in [1.29, 1.82) is 0 Å². The largest absolute Gasteiger partial charge is 0.469 e. The van der Waals surface area contributed by atoms with Gasteiger partial charge < -0.3 is 15.1 Å². The number of hydrogen-bond acceptors (Lipinski definition) is 6. The van der Waals surface area contributed by atoms with E-state index >= 15 is 0 Å². The minimum Gasteiger partial charge on any atom is -0.469 e. The molecule has 2 aromatic rings. The Labute approximate surface area is 150 Å². The molecule has 1 aliphatic rings.